The van der Waals surface area contributed by atoms with Crippen LogP contribution in [-0.4, -0.2) is 21.7 Å². The second-order valence-electron chi connectivity index (χ2n) is 4.92. The normalized spacial score (nSPS) is 21.9. The van der Waals surface area contributed by atoms with Crippen molar-refractivity contribution in [1.29, 1.82) is 0 Å². The molecule has 1 aliphatic carbocycles. The van der Waals surface area contributed by atoms with E-state index in [1.165, 1.54) is 0 Å². The molecule has 8 heteroatoms. The highest BCUT2D eigenvalue weighted by atomic mass is 79.9. The Hall–Kier alpha value is -1.57. The average Bonchev–Trinajstić information content (AvgIpc) is 2.43. The first kappa shape index (κ1) is 15.8. The largest absolute Gasteiger partial charge is 0.348 e. The van der Waals surface area contributed by atoms with E-state index in [4.69, 9.17) is 0 Å². The maximum absolute atomic E-state index is 13.9. The maximum atomic E-state index is 13.9. The molecule has 0 saturated heterocycles. The van der Waals surface area contributed by atoms with Gasteiger partial charge in [0.25, 0.3) is 5.91 Å². The molecule has 1 saturated carbocycles. The first-order valence-corrected chi connectivity index (χ1v) is 7.40. The van der Waals surface area contributed by atoms with Crippen LogP contribution in [0.5, 0.6) is 0 Å². The molecule has 0 radical (unpaired) electrons. The molecule has 2 atom stereocenters. The minimum Gasteiger partial charge on any atom is -0.348 e. The van der Waals surface area contributed by atoms with E-state index >= 15 is 0 Å². The number of nitrogens with one attached hydrogen (secondary N) is 1. The van der Waals surface area contributed by atoms with Gasteiger partial charge in [-0.15, -0.1) is 0 Å². The van der Waals surface area contributed by atoms with E-state index in [0.29, 0.717) is 12.1 Å². The van der Waals surface area contributed by atoms with Crippen LogP contribution in [0.4, 0.5) is 14.5 Å². The Kier molecular flexibility index (Phi) is 4.87. The van der Waals surface area contributed by atoms with Gasteiger partial charge in [-0.1, -0.05) is 28.8 Å². The van der Waals surface area contributed by atoms with Gasteiger partial charge in [0, 0.05) is 10.9 Å². The van der Waals surface area contributed by atoms with Gasteiger partial charge in [-0.3, -0.25) is 14.9 Å². The molecule has 1 aliphatic rings. The second-order valence-corrected chi connectivity index (χ2v) is 6.10. The molecule has 0 bridgehead atoms. The summed E-state index contributed by atoms with van der Waals surface area (Å²) >= 11 is 3.44. The number of nitro benzene ring substituents is 1. The Morgan fingerprint density at radius 2 is 2.00 bits per heavy atom. The first-order valence-electron chi connectivity index (χ1n) is 6.48. The smallest absolute Gasteiger partial charge is 0.308 e. The summed E-state index contributed by atoms with van der Waals surface area (Å²) in [5, 5.41) is 13.3. The summed E-state index contributed by atoms with van der Waals surface area (Å²) in [6, 6.07) is 0.928. The minimum absolute atomic E-state index is 0.0572. The number of hydrogen-bond acceptors (Lipinski definition) is 3. The standard InChI is InChI=1S/C13H13BrF2N2O3/c14-9-3-1-2-4-10(9)17-13(19)8-5-7(15)6-11(12(8)16)18(20)21/h5-6,9-10H,1-4H2,(H,17,19). The molecular formula is C13H13BrF2N2O3. The number of carbonyl (C=O) groups excluding carboxylic acids is 1. The Labute approximate surface area is 128 Å². The molecule has 1 aromatic rings. The lowest BCUT2D eigenvalue weighted by atomic mass is 9.95. The fraction of sp³-hybridized carbons (Fsp3) is 0.462. The number of nitro groups is 1. The van der Waals surface area contributed by atoms with Crippen LogP contribution < -0.4 is 5.32 Å². The highest BCUT2D eigenvalue weighted by Crippen LogP contribution is 2.26. The van der Waals surface area contributed by atoms with Crippen molar-refractivity contribution in [3.05, 3.63) is 39.4 Å². The fourth-order valence-electron chi connectivity index (χ4n) is 2.37. The molecule has 114 valence electrons. The molecule has 0 heterocycles. The van der Waals surface area contributed by atoms with Crippen LogP contribution >= 0.6 is 15.9 Å². The van der Waals surface area contributed by atoms with Gasteiger partial charge in [0.2, 0.25) is 5.82 Å². The Bertz CT molecular complexity index is 583. The Morgan fingerprint density at radius 3 is 2.62 bits per heavy atom. The highest BCUT2D eigenvalue weighted by molar-refractivity contribution is 9.09. The molecule has 1 aromatic carbocycles. The lowest BCUT2D eigenvalue weighted by Gasteiger charge is -2.28. The van der Waals surface area contributed by atoms with Gasteiger partial charge in [-0.05, 0) is 18.9 Å². The van der Waals surface area contributed by atoms with Crippen molar-refractivity contribution in [2.45, 2.75) is 36.6 Å². The van der Waals surface area contributed by atoms with Gasteiger partial charge in [-0.2, -0.15) is 4.39 Å². The zero-order valence-electron chi connectivity index (χ0n) is 10.9. The fourth-order valence-corrected chi connectivity index (χ4v) is 3.09. The molecule has 5 nitrogen and oxygen atoms in total. The van der Waals surface area contributed by atoms with Crippen molar-refractivity contribution in [2.75, 3.05) is 0 Å². The molecule has 1 amide bonds. The Balaban J connectivity index is 2.24. The molecule has 2 unspecified atom stereocenters. The topological polar surface area (TPSA) is 72.2 Å². The van der Waals surface area contributed by atoms with Gasteiger partial charge < -0.3 is 5.32 Å². The second kappa shape index (κ2) is 6.46. The first-order chi connectivity index (χ1) is 9.90. The number of benzene rings is 1. The number of halogens is 3. The molecule has 2 rings (SSSR count). The molecule has 1 N–H and O–H groups in total. The minimum atomic E-state index is -1.32. The number of nitrogens with zero attached hydrogens (tertiary/aromatic N) is 1. The molecule has 0 spiro atoms. The van der Waals surface area contributed by atoms with Crippen molar-refractivity contribution in [2.24, 2.45) is 0 Å². The van der Waals surface area contributed by atoms with Gasteiger partial charge in [0.1, 0.15) is 5.82 Å². The quantitative estimate of drug-likeness (QED) is 0.509. The SMILES string of the molecule is O=C(NC1CCCCC1Br)c1cc(F)cc([N+](=O)[O-])c1F. The average molecular weight is 363 g/mol. The molecular weight excluding hydrogens is 350 g/mol. The van der Waals surface area contributed by atoms with Crippen molar-refractivity contribution >= 4 is 27.5 Å². The van der Waals surface area contributed by atoms with Gasteiger partial charge in [0.15, 0.2) is 0 Å². The van der Waals surface area contributed by atoms with Crippen LogP contribution in [0.15, 0.2) is 12.1 Å². The predicted octanol–water partition coefficient (Wildman–Crippen LogP) is 3.31. The summed E-state index contributed by atoms with van der Waals surface area (Å²) < 4.78 is 27.2. The Morgan fingerprint density at radius 1 is 1.33 bits per heavy atom. The summed E-state index contributed by atoms with van der Waals surface area (Å²) in [4.78, 5) is 21.7. The van der Waals surface area contributed by atoms with E-state index in [2.05, 4.69) is 21.2 Å². The lowest BCUT2D eigenvalue weighted by molar-refractivity contribution is -0.387. The van der Waals surface area contributed by atoms with Crippen LogP contribution in [0.3, 0.4) is 0 Å². The summed E-state index contributed by atoms with van der Waals surface area (Å²) in [5.41, 5.74) is -1.69. The number of rotatable bonds is 3. The molecule has 1 fully saturated rings. The van der Waals surface area contributed by atoms with Gasteiger partial charge >= 0.3 is 5.69 Å². The maximum Gasteiger partial charge on any atom is 0.308 e. The van der Waals surface area contributed by atoms with E-state index in [1.54, 1.807) is 0 Å². The van der Waals surface area contributed by atoms with Crippen LogP contribution in [0.2, 0.25) is 0 Å². The van der Waals surface area contributed by atoms with Crippen LogP contribution in [0, 0.1) is 21.7 Å². The van der Waals surface area contributed by atoms with Crippen LogP contribution in [0.25, 0.3) is 0 Å². The number of carbonyl (C=O) groups is 1. The van der Waals surface area contributed by atoms with E-state index in [0.717, 1.165) is 25.7 Å². The van der Waals surface area contributed by atoms with Crippen molar-refractivity contribution in [1.82, 2.24) is 5.32 Å². The monoisotopic (exact) mass is 362 g/mol. The van der Waals surface area contributed by atoms with Gasteiger partial charge in [-0.25, -0.2) is 4.39 Å². The number of amides is 1. The highest BCUT2D eigenvalue weighted by Gasteiger charge is 2.28. The zero-order chi connectivity index (χ0) is 15.6. The number of alkyl halides is 1. The molecule has 0 aliphatic heterocycles. The third-order valence-electron chi connectivity index (χ3n) is 3.46. The third-order valence-corrected chi connectivity index (χ3v) is 4.55. The van der Waals surface area contributed by atoms with E-state index in [9.17, 15) is 23.7 Å². The van der Waals surface area contributed by atoms with E-state index < -0.39 is 33.7 Å². The summed E-state index contributed by atoms with van der Waals surface area (Å²) in [6.07, 6.45) is 3.55. The molecule has 0 aromatic heterocycles. The van der Waals surface area contributed by atoms with E-state index in [1.807, 2.05) is 0 Å². The third kappa shape index (κ3) is 3.55. The van der Waals surface area contributed by atoms with Crippen molar-refractivity contribution in [3.63, 3.8) is 0 Å². The predicted molar refractivity (Wildman–Crippen MR) is 75.4 cm³/mol. The summed E-state index contributed by atoms with van der Waals surface area (Å²) in [7, 11) is 0. The summed E-state index contributed by atoms with van der Waals surface area (Å²) in [6.45, 7) is 0. The van der Waals surface area contributed by atoms with Gasteiger partial charge in [0.05, 0.1) is 16.6 Å². The van der Waals surface area contributed by atoms with Crippen LogP contribution in [0.1, 0.15) is 36.0 Å². The molecule has 21 heavy (non-hydrogen) atoms. The van der Waals surface area contributed by atoms with E-state index in [-0.39, 0.29) is 10.9 Å². The zero-order valence-corrected chi connectivity index (χ0v) is 12.5. The van der Waals surface area contributed by atoms with Crippen LogP contribution in [-0.2, 0) is 0 Å². The number of hydrogen-bond donors (Lipinski definition) is 1. The van der Waals surface area contributed by atoms with Crippen molar-refractivity contribution < 1.29 is 18.5 Å². The van der Waals surface area contributed by atoms with Crippen molar-refractivity contribution in [3.8, 4) is 0 Å². The lowest BCUT2D eigenvalue weighted by Crippen LogP contribution is -2.42. The summed E-state index contributed by atoms with van der Waals surface area (Å²) in [5.74, 6) is -3.18.